The molecule has 0 unspecified atom stereocenters. The molecule has 0 aromatic heterocycles. The number of anilines is 1. The number of ketones is 1. The SMILES string of the molecule is CN(C)c1cccc2cc(S(=O)(=O)N[C@@H](CCC(=O)O)C(=O)NCC(=O)N[C@@H](CCC[NH+]=C(N)N)C(=O)CCl)ccc12. The number of Topliss-reactive ketones (excluding diaryl/α,β-unsaturated/α-hetero) is 1. The van der Waals surface area contributed by atoms with Gasteiger partial charge in [-0.05, 0) is 42.8 Å². The summed E-state index contributed by atoms with van der Waals surface area (Å²) in [6.45, 7) is -0.248. The monoisotopic (exact) mass is 626 g/mol. The number of carbonyl (C=O) groups is 4. The Morgan fingerprint density at radius 3 is 2.40 bits per heavy atom. The van der Waals surface area contributed by atoms with Crippen LogP contribution in [0.25, 0.3) is 10.8 Å². The van der Waals surface area contributed by atoms with E-state index in [0.29, 0.717) is 18.4 Å². The van der Waals surface area contributed by atoms with Crippen LogP contribution in [0.15, 0.2) is 41.3 Å². The lowest BCUT2D eigenvalue weighted by molar-refractivity contribution is -0.459. The molecule has 0 radical (unpaired) electrons. The lowest BCUT2D eigenvalue weighted by Gasteiger charge is -2.20. The number of aliphatic carboxylic acids is 1. The first-order chi connectivity index (χ1) is 19.7. The number of carbonyl (C=O) groups excluding carboxylic acids is 3. The van der Waals surface area contributed by atoms with Crippen molar-refractivity contribution in [3.8, 4) is 0 Å². The summed E-state index contributed by atoms with van der Waals surface area (Å²) in [5, 5.41) is 15.4. The summed E-state index contributed by atoms with van der Waals surface area (Å²) < 4.78 is 28.7. The number of nitrogens with zero attached hydrogens (tertiary/aromatic N) is 1. The summed E-state index contributed by atoms with van der Waals surface area (Å²) >= 11 is 5.64. The molecule has 0 saturated heterocycles. The largest absolute Gasteiger partial charge is 0.481 e. The molecule has 16 heteroatoms. The fourth-order valence-corrected chi connectivity index (χ4v) is 5.50. The molecule has 0 spiro atoms. The van der Waals surface area contributed by atoms with E-state index in [1.165, 1.54) is 12.1 Å². The van der Waals surface area contributed by atoms with Gasteiger partial charge < -0.3 is 20.6 Å². The molecule has 0 fully saturated rings. The minimum Gasteiger partial charge on any atom is -0.481 e. The van der Waals surface area contributed by atoms with Crippen LogP contribution < -0.4 is 36.7 Å². The first-order valence-electron chi connectivity index (χ1n) is 13.0. The van der Waals surface area contributed by atoms with Gasteiger partial charge in [0, 0.05) is 31.6 Å². The first-order valence-corrected chi connectivity index (χ1v) is 15.0. The molecule has 14 nitrogen and oxygen atoms in total. The number of hydrogen-bond donors (Lipinski definition) is 7. The van der Waals surface area contributed by atoms with Crippen LogP contribution in [-0.4, -0.2) is 88.2 Å². The molecule has 230 valence electrons. The average molecular weight is 627 g/mol. The number of alkyl halides is 1. The Balaban J connectivity index is 2.13. The number of amides is 2. The second-order valence-corrected chi connectivity index (χ2v) is 11.6. The average Bonchev–Trinajstić information content (AvgIpc) is 2.94. The van der Waals surface area contributed by atoms with Crippen molar-refractivity contribution in [2.24, 2.45) is 11.5 Å². The Hall–Kier alpha value is -3.95. The number of halogens is 1. The van der Waals surface area contributed by atoms with Crippen LogP contribution in [0, 0.1) is 0 Å². The van der Waals surface area contributed by atoms with Crippen LogP contribution in [0.4, 0.5) is 5.69 Å². The Bertz CT molecular complexity index is 1430. The van der Waals surface area contributed by atoms with Gasteiger partial charge in [0.2, 0.25) is 21.8 Å². The van der Waals surface area contributed by atoms with Crippen molar-refractivity contribution in [2.45, 2.75) is 42.7 Å². The van der Waals surface area contributed by atoms with Crippen LogP contribution in [0.1, 0.15) is 25.7 Å². The minimum atomic E-state index is -4.27. The molecule has 2 aromatic rings. The number of benzene rings is 2. The lowest BCUT2D eigenvalue weighted by atomic mass is 10.1. The zero-order valence-electron chi connectivity index (χ0n) is 23.4. The smallest absolute Gasteiger partial charge is 0.338 e. The van der Waals surface area contributed by atoms with E-state index in [2.05, 4.69) is 20.3 Å². The molecule has 0 saturated carbocycles. The van der Waals surface area contributed by atoms with E-state index in [1.54, 1.807) is 18.2 Å². The van der Waals surface area contributed by atoms with Crippen molar-refractivity contribution >= 4 is 67.6 Å². The van der Waals surface area contributed by atoms with E-state index < -0.39 is 58.6 Å². The molecule has 0 bridgehead atoms. The van der Waals surface area contributed by atoms with Crippen LogP contribution in [0.2, 0.25) is 0 Å². The van der Waals surface area contributed by atoms with Crippen molar-refractivity contribution in [2.75, 3.05) is 38.0 Å². The first kappa shape index (κ1) is 34.3. The third kappa shape index (κ3) is 10.5. The Morgan fingerprint density at radius 1 is 1.07 bits per heavy atom. The highest BCUT2D eigenvalue weighted by atomic mass is 35.5. The number of carboxylic acid groups (broad SMARTS) is 1. The summed E-state index contributed by atoms with van der Waals surface area (Å²) in [6.07, 6.45) is -0.250. The van der Waals surface area contributed by atoms with Crippen molar-refractivity contribution < 1.29 is 37.7 Å². The second-order valence-electron chi connectivity index (χ2n) is 9.62. The highest BCUT2D eigenvalue weighted by molar-refractivity contribution is 7.89. The van der Waals surface area contributed by atoms with Gasteiger partial charge in [-0.1, -0.05) is 18.2 Å². The maximum atomic E-state index is 13.2. The van der Waals surface area contributed by atoms with E-state index in [0.717, 1.165) is 11.1 Å². The molecular formula is C26H37ClN7O7S+. The molecule has 2 amide bonds. The lowest BCUT2D eigenvalue weighted by Crippen LogP contribution is -2.78. The predicted octanol–water partition coefficient (Wildman–Crippen LogP) is -2.04. The summed E-state index contributed by atoms with van der Waals surface area (Å²) in [5.74, 6) is -3.66. The molecule has 2 aromatic carbocycles. The van der Waals surface area contributed by atoms with Gasteiger partial charge in [-0.15, -0.1) is 11.6 Å². The molecular weight excluding hydrogens is 590 g/mol. The summed E-state index contributed by atoms with van der Waals surface area (Å²) in [5.41, 5.74) is 11.5. The Labute approximate surface area is 248 Å². The molecule has 2 atom stereocenters. The highest BCUT2D eigenvalue weighted by Crippen LogP contribution is 2.27. The van der Waals surface area contributed by atoms with E-state index in [1.807, 2.05) is 25.1 Å². The zero-order chi connectivity index (χ0) is 31.4. The van der Waals surface area contributed by atoms with Gasteiger partial charge in [0.05, 0.1) is 29.9 Å². The van der Waals surface area contributed by atoms with Crippen molar-refractivity contribution in [1.29, 1.82) is 0 Å². The molecule has 2 rings (SSSR count). The van der Waals surface area contributed by atoms with Crippen LogP contribution in [0.3, 0.4) is 0 Å². The molecule has 0 aliphatic rings. The number of sulfonamides is 1. The maximum absolute atomic E-state index is 13.2. The van der Waals surface area contributed by atoms with E-state index in [9.17, 15) is 27.6 Å². The van der Waals surface area contributed by atoms with Crippen LogP contribution >= 0.6 is 11.6 Å². The standard InChI is InChI=1S/C26H36ClN7O7S/c1-34(2)21-7-3-5-16-13-17(8-9-18(16)21)42(40,41)33-20(10-11-24(37)38)25(39)31-15-23(36)32-19(22(35)14-27)6-4-12-30-26(28)29/h3,5,7-9,13,19-20,33H,4,6,10-12,14-15H2,1-2H3,(H,31,39)(H,32,36)(H,37,38)(H4,28,29,30)/p+1/t19-,20-/m0/s1. The van der Waals surface area contributed by atoms with Gasteiger partial charge >= 0.3 is 11.9 Å². The highest BCUT2D eigenvalue weighted by Gasteiger charge is 2.28. The fraction of sp³-hybridized carbons (Fsp3) is 0.423. The van der Waals surface area contributed by atoms with Gasteiger partial charge in [-0.25, -0.2) is 8.42 Å². The molecule has 42 heavy (non-hydrogen) atoms. The van der Waals surface area contributed by atoms with Crippen LogP contribution in [0.5, 0.6) is 0 Å². The van der Waals surface area contributed by atoms with E-state index >= 15 is 0 Å². The van der Waals surface area contributed by atoms with Gasteiger partial charge in [0.15, 0.2) is 5.78 Å². The number of nitrogens with one attached hydrogen (secondary N) is 4. The minimum absolute atomic E-state index is 0.00845. The topological polar surface area (TPSA) is 228 Å². The second kappa shape index (κ2) is 15.9. The third-order valence-electron chi connectivity index (χ3n) is 6.16. The Morgan fingerprint density at radius 2 is 1.79 bits per heavy atom. The molecule has 0 heterocycles. The summed E-state index contributed by atoms with van der Waals surface area (Å²) in [7, 11) is -0.550. The summed E-state index contributed by atoms with van der Waals surface area (Å²) in [6, 6.07) is 7.48. The van der Waals surface area contributed by atoms with E-state index in [-0.39, 0.29) is 29.6 Å². The molecule has 0 aliphatic heterocycles. The predicted molar refractivity (Wildman–Crippen MR) is 158 cm³/mol. The zero-order valence-corrected chi connectivity index (χ0v) is 24.9. The number of fused-ring (bicyclic) bond motifs is 1. The number of rotatable bonds is 17. The number of guanidine groups is 1. The van der Waals surface area contributed by atoms with E-state index in [4.69, 9.17) is 28.2 Å². The maximum Gasteiger partial charge on any atom is 0.338 e. The number of nitrogens with two attached hydrogens (primary N) is 2. The van der Waals surface area contributed by atoms with Crippen LogP contribution in [-0.2, 0) is 29.2 Å². The van der Waals surface area contributed by atoms with Crippen molar-refractivity contribution in [1.82, 2.24) is 15.4 Å². The normalized spacial score (nSPS) is 12.6. The number of carboxylic acids is 1. The van der Waals surface area contributed by atoms with Crippen molar-refractivity contribution in [3.05, 3.63) is 36.4 Å². The van der Waals surface area contributed by atoms with Gasteiger partial charge in [-0.3, -0.25) is 35.6 Å². The van der Waals surface area contributed by atoms with Gasteiger partial charge in [0.25, 0.3) is 0 Å². The van der Waals surface area contributed by atoms with Gasteiger partial charge in [0.1, 0.15) is 6.04 Å². The third-order valence-corrected chi connectivity index (χ3v) is 7.89. The molecule has 0 aliphatic carbocycles. The Kier molecular flexibility index (Phi) is 13.0. The quantitative estimate of drug-likeness (QED) is 0.0440. The fourth-order valence-electron chi connectivity index (χ4n) is 4.05. The summed E-state index contributed by atoms with van der Waals surface area (Å²) in [4.78, 5) is 53.2. The van der Waals surface area contributed by atoms with Crippen molar-refractivity contribution in [3.63, 3.8) is 0 Å². The number of hydrogen-bond acceptors (Lipinski definition) is 7. The molecule has 9 N–H and O–H groups in total. The van der Waals surface area contributed by atoms with Gasteiger partial charge in [-0.2, -0.15) is 4.72 Å².